The van der Waals surface area contributed by atoms with Gasteiger partial charge >= 0.3 is 0 Å². The molecular weight excluding hydrogens is 186 g/mol. The minimum absolute atomic E-state index is 0.0193. The van der Waals surface area contributed by atoms with Crippen LogP contribution in [-0.2, 0) is 0 Å². The number of hydrogen-bond acceptors (Lipinski definition) is 2. The second kappa shape index (κ2) is 5.86. The van der Waals surface area contributed by atoms with Crippen LogP contribution in [0.1, 0.15) is 57.8 Å². The molecule has 0 spiro atoms. The minimum Gasteiger partial charge on any atom is -0.393 e. The first kappa shape index (κ1) is 11.4. The van der Waals surface area contributed by atoms with E-state index in [1.165, 1.54) is 58.0 Å². The fourth-order valence-corrected chi connectivity index (χ4v) is 3.11. The first-order valence-electron chi connectivity index (χ1n) is 6.78. The van der Waals surface area contributed by atoms with E-state index < -0.39 is 0 Å². The van der Waals surface area contributed by atoms with Gasteiger partial charge in [-0.2, -0.15) is 0 Å². The van der Waals surface area contributed by atoms with Gasteiger partial charge in [0.2, 0.25) is 0 Å². The molecule has 0 bridgehead atoms. The highest BCUT2D eigenvalue weighted by Gasteiger charge is 2.25. The number of aliphatic hydroxyl groups excluding tert-OH is 1. The Balaban J connectivity index is 1.83. The van der Waals surface area contributed by atoms with Gasteiger partial charge in [-0.1, -0.05) is 19.3 Å². The second-order valence-electron chi connectivity index (χ2n) is 5.28. The van der Waals surface area contributed by atoms with Crippen LogP contribution in [0.15, 0.2) is 0 Å². The van der Waals surface area contributed by atoms with Crippen molar-refractivity contribution in [3.05, 3.63) is 0 Å². The Bertz CT molecular complexity index is 175. The Morgan fingerprint density at radius 3 is 2.13 bits per heavy atom. The highest BCUT2D eigenvalue weighted by atomic mass is 16.3. The molecule has 1 saturated carbocycles. The van der Waals surface area contributed by atoms with Crippen LogP contribution in [0, 0.1) is 0 Å². The van der Waals surface area contributed by atoms with Crippen molar-refractivity contribution in [2.45, 2.75) is 69.9 Å². The SMILES string of the molecule is OC1CCCC(N2CCCCCCC2)C1. The maximum Gasteiger partial charge on any atom is 0.0555 e. The van der Waals surface area contributed by atoms with E-state index in [1.54, 1.807) is 0 Å². The fraction of sp³-hybridized carbons (Fsp3) is 1.00. The average molecular weight is 211 g/mol. The molecule has 0 aromatic carbocycles. The number of rotatable bonds is 1. The lowest BCUT2D eigenvalue weighted by Gasteiger charge is -2.37. The van der Waals surface area contributed by atoms with Crippen molar-refractivity contribution < 1.29 is 5.11 Å². The van der Waals surface area contributed by atoms with Gasteiger partial charge in [0.15, 0.2) is 0 Å². The zero-order valence-corrected chi connectivity index (χ0v) is 9.83. The van der Waals surface area contributed by atoms with Gasteiger partial charge in [0.05, 0.1) is 6.10 Å². The monoisotopic (exact) mass is 211 g/mol. The second-order valence-corrected chi connectivity index (χ2v) is 5.28. The predicted molar refractivity (Wildman–Crippen MR) is 62.9 cm³/mol. The predicted octanol–water partition coefficient (Wildman–Crippen LogP) is 2.56. The smallest absolute Gasteiger partial charge is 0.0555 e. The summed E-state index contributed by atoms with van der Waals surface area (Å²) in [6.45, 7) is 2.55. The molecule has 2 atom stereocenters. The van der Waals surface area contributed by atoms with Crippen molar-refractivity contribution in [2.75, 3.05) is 13.1 Å². The molecule has 0 radical (unpaired) electrons. The van der Waals surface area contributed by atoms with Crippen molar-refractivity contribution >= 4 is 0 Å². The Kier molecular flexibility index (Phi) is 4.45. The van der Waals surface area contributed by atoms with Crippen LogP contribution in [-0.4, -0.2) is 35.2 Å². The summed E-state index contributed by atoms with van der Waals surface area (Å²) in [5.41, 5.74) is 0. The van der Waals surface area contributed by atoms with Gasteiger partial charge in [0, 0.05) is 6.04 Å². The van der Waals surface area contributed by atoms with E-state index in [0.29, 0.717) is 6.04 Å². The summed E-state index contributed by atoms with van der Waals surface area (Å²) in [6, 6.07) is 0.687. The Morgan fingerprint density at radius 2 is 1.47 bits per heavy atom. The average Bonchev–Trinajstić information content (AvgIpc) is 2.16. The lowest BCUT2D eigenvalue weighted by atomic mass is 9.91. The van der Waals surface area contributed by atoms with Crippen LogP contribution in [0.5, 0.6) is 0 Å². The van der Waals surface area contributed by atoms with E-state index in [4.69, 9.17) is 0 Å². The molecule has 0 aromatic heterocycles. The van der Waals surface area contributed by atoms with E-state index in [1.807, 2.05) is 0 Å². The van der Waals surface area contributed by atoms with Gasteiger partial charge in [0.25, 0.3) is 0 Å². The van der Waals surface area contributed by atoms with Crippen LogP contribution in [0.25, 0.3) is 0 Å². The van der Waals surface area contributed by atoms with Gasteiger partial charge < -0.3 is 10.0 Å². The molecule has 1 N–H and O–H groups in total. The maximum atomic E-state index is 9.71. The molecule has 0 amide bonds. The molecule has 2 rings (SSSR count). The number of hydrogen-bond donors (Lipinski definition) is 1. The van der Waals surface area contributed by atoms with Gasteiger partial charge in [0.1, 0.15) is 0 Å². The quantitative estimate of drug-likeness (QED) is 0.720. The van der Waals surface area contributed by atoms with E-state index in [-0.39, 0.29) is 6.10 Å². The highest BCUT2D eigenvalue weighted by molar-refractivity contribution is 4.80. The molecule has 1 saturated heterocycles. The third-order valence-corrected chi connectivity index (χ3v) is 4.03. The molecule has 88 valence electrons. The van der Waals surface area contributed by atoms with E-state index >= 15 is 0 Å². The number of aliphatic hydroxyl groups is 1. The van der Waals surface area contributed by atoms with Crippen molar-refractivity contribution in [1.29, 1.82) is 0 Å². The van der Waals surface area contributed by atoms with Crippen LogP contribution in [0.2, 0.25) is 0 Å². The zero-order valence-electron chi connectivity index (χ0n) is 9.83. The summed E-state index contributed by atoms with van der Waals surface area (Å²) in [5, 5.41) is 9.71. The molecule has 1 aliphatic heterocycles. The molecule has 2 aliphatic rings. The molecule has 2 fully saturated rings. The van der Waals surface area contributed by atoms with Gasteiger partial charge in [-0.3, -0.25) is 0 Å². The van der Waals surface area contributed by atoms with E-state index in [2.05, 4.69) is 4.90 Å². The van der Waals surface area contributed by atoms with Crippen LogP contribution >= 0.6 is 0 Å². The normalized spacial score (nSPS) is 35.8. The highest BCUT2D eigenvalue weighted by Crippen LogP contribution is 2.25. The molecule has 2 nitrogen and oxygen atoms in total. The third kappa shape index (κ3) is 3.46. The summed E-state index contributed by atoms with van der Waals surface area (Å²) in [5.74, 6) is 0. The molecular formula is C13H25NO. The summed E-state index contributed by atoms with van der Waals surface area (Å²) < 4.78 is 0. The van der Waals surface area contributed by atoms with Crippen molar-refractivity contribution in [2.24, 2.45) is 0 Å². The van der Waals surface area contributed by atoms with E-state index in [9.17, 15) is 5.11 Å². The standard InChI is InChI=1S/C13H25NO/c15-13-8-6-7-12(11-13)14-9-4-2-1-3-5-10-14/h12-13,15H,1-11H2. The fourth-order valence-electron chi connectivity index (χ4n) is 3.11. The topological polar surface area (TPSA) is 23.5 Å². The van der Waals surface area contributed by atoms with Crippen molar-refractivity contribution in [1.82, 2.24) is 4.90 Å². The molecule has 15 heavy (non-hydrogen) atoms. The Labute approximate surface area is 93.7 Å². The summed E-state index contributed by atoms with van der Waals surface area (Å²) in [6.07, 6.45) is 11.6. The molecule has 2 heteroatoms. The summed E-state index contributed by atoms with van der Waals surface area (Å²) in [7, 11) is 0. The van der Waals surface area contributed by atoms with Crippen LogP contribution < -0.4 is 0 Å². The van der Waals surface area contributed by atoms with E-state index in [0.717, 1.165) is 12.8 Å². The molecule has 0 aromatic rings. The van der Waals surface area contributed by atoms with Crippen LogP contribution in [0.3, 0.4) is 0 Å². The summed E-state index contributed by atoms with van der Waals surface area (Å²) in [4.78, 5) is 2.65. The Hall–Kier alpha value is -0.0800. The molecule has 2 unspecified atom stereocenters. The lowest BCUT2D eigenvalue weighted by Crippen LogP contribution is -2.41. The van der Waals surface area contributed by atoms with Gasteiger partial charge in [-0.25, -0.2) is 0 Å². The first-order chi connectivity index (χ1) is 7.36. The largest absolute Gasteiger partial charge is 0.393 e. The first-order valence-corrected chi connectivity index (χ1v) is 6.78. The number of likely N-dealkylation sites (tertiary alicyclic amines) is 1. The third-order valence-electron chi connectivity index (χ3n) is 4.03. The van der Waals surface area contributed by atoms with Gasteiger partial charge in [-0.05, 0) is 51.6 Å². The zero-order chi connectivity index (χ0) is 10.5. The summed E-state index contributed by atoms with van der Waals surface area (Å²) >= 11 is 0. The van der Waals surface area contributed by atoms with Crippen LogP contribution in [0.4, 0.5) is 0 Å². The van der Waals surface area contributed by atoms with Gasteiger partial charge in [-0.15, -0.1) is 0 Å². The molecule has 1 heterocycles. The van der Waals surface area contributed by atoms with Crippen molar-refractivity contribution in [3.63, 3.8) is 0 Å². The molecule has 1 aliphatic carbocycles. The minimum atomic E-state index is -0.0193. The van der Waals surface area contributed by atoms with Crippen molar-refractivity contribution in [3.8, 4) is 0 Å². The maximum absolute atomic E-state index is 9.71. The number of nitrogens with zero attached hydrogens (tertiary/aromatic N) is 1. The lowest BCUT2D eigenvalue weighted by molar-refractivity contribution is 0.0580. The Morgan fingerprint density at radius 1 is 0.800 bits per heavy atom.